The fourth-order valence-electron chi connectivity index (χ4n) is 4.86. The van der Waals surface area contributed by atoms with E-state index in [1.165, 1.54) is 19.4 Å². The van der Waals surface area contributed by atoms with Gasteiger partial charge in [-0.25, -0.2) is 0 Å². The van der Waals surface area contributed by atoms with E-state index in [1.807, 2.05) is 35.2 Å². The summed E-state index contributed by atoms with van der Waals surface area (Å²) in [5.74, 6) is 0.971. The molecule has 1 aromatic carbocycles. The van der Waals surface area contributed by atoms with Crippen molar-refractivity contribution in [3.05, 3.63) is 35.9 Å². The van der Waals surface area contributed by atoms with Crippen LogP contribution in [0.3, 0.4) is 0 Å². The van der Waals surface area contributed by atoms with Crippen LogP contribution in [0.1, 0.15) is 37.7 Å². The van der Waals surface area contributed by atoms with E-state index >= 15 is 0 Å². The van der Waals surface area contributed by atoms with Gasteiger partial charge in [-0.2, -0.15) is 0 Å². The molecule has 0 N–H and O–H groups in total. The minimum Gasteiger partial charge on any atom is -0.342 e. The minimum absolute atomic E-state index is 0.211. The lowest BCUT2D eigenvalue weighted by Crippen LogP contribution is -2.52. The molecule has 0 bridgehead atoms. The quantitative estimate of drug-likeness (QED) is 0.817. The van der Waals surface area contributed by atoms with Gasteiger partial charge >= 0.3 is 0 Å². The number of likely N-dealkylation sites (tertiary alicyclic amines) is 1. The SMILES string of the molecule is O=C(Cc1ccccc1)N1CCC(CC(=O)N2CCN3CCC[C@@H]3C2)CC1. The Kier molecular flexibility index (Phi) is 5.77. The molecule has 0 saturated carbocycles. The number of amides is 2. The van der Waals surface area contributed by atoms with Crippen LogP contribution in [-0.2, 0) is 16.0 Å². The molecule has 5 nitrogen and oxygen atoms in total. The summed E-state index contributed by atoms with van der Waals surface area (Å²) < 4.78 is 0. The standard InChI is InChI=1S/C22H31N3O2/c26-21(15-18-5-2-1-3-6-18)24-11-8-19(9-12-24)16-22(27)25-14-13-23-10-4-7-20(23)17-25/h1-3,5-6,19-20H,4,7-17H2/t20-/m1/s1. The van der Waals surface area contributed by atoms with Crippen LogP contribution >= 0.6 is 0 Å². The highest BCUT2D eigenvalue weighted by molar-refractivity contribution is 5.79. The third kappa shape index (κ3) is 4.52. The summed E-state index contributed by atoms with van der Waals surface area (Å²) in [5, 5.41) is 0. The van der Waals surface area contributed by atoms with E-state index in [-0.39, 0.29) is 5.91 Å². The fourth-order valence-corrected chi connectivity index (χ4v) is 4.86. The van der Waals surface area contributed by atoms with Crippen LogP contribution in [0.15, 0.2) is 30.3 Å². The maximum absolute atomic E-state index is 12.7. The van der Waals surface area contributed by atoms with Gasteiger partial charge in [-0.05, 0) is 43.7 Å². The number of carbonyl (C=O) groups is 2. The Bertz CT molecular complexity index is 655. The van der Waals surface area contributed by atoms with Gasteiger partial charge in [0, 0.05) is 45.2 Å². The molecule has 3 aliphatic heterocycles. The summed E-state index contributed by atoms with van der Waals surface area (Å²) in [6, 6.07) is 10.5. The van der Waals surface area contributed by atoms with Crippen molar-refractivity contribution < 1.29 is 9.59 Å². The van der Waals surface area contributed by atoms with Crippen LogP contribution in [0, 0.1) is 5.92 Å². The average molecular weight is 370 g/mol. The Morgan fingerprint density at radius 1 is 0.852 bits per heavy atom. The molecule has 0 aromatic heterocycles. The molecular formula is C22H31N3O2. The second kappa shape index (κ2) is 8.42. The second-order valence-electron chi connectivity index (χ2n) is 8.36. The number of piperazine rings is 1. The molecular weight excluding hydrogens is 338 g/mol. The Hall–Kier alpha value is -1.88. The zero-order chi connectivity index (χ0) is 18.6. The molecule has 3 saturated heterocycles. The maximum atomic E-state index is 12.7. The molecule has 0 spiro atoms. The number of benzene rings is 1. The lowest BCUT2D eigenvalue weighted by Gasteiger charge is -2.38. The summed E-state index contributed by atoms with van der Waals surface area (Å²) in [5.41, 5.74) is 1.07. The van der Waals surface area contributed by atoms with Crippen molar-refractivity contribution in [2.45, 2.75) is 44.6 Å². The maximum Gasteiger partial charge on any atom is 0.226 e. The number of carbonyl (C=O) groups excluding carboxylic acids is 2. The fraction of sp³-hybridized carbons (Fsp3) is 0.636. The number of rotatable bonds is 4. The largest absolute Gasteiger partial charge is 0.342 e. The zero-order valence-corrected chi connectivity index (χ0v) is 16.2. The molecule has 5 heteroatoms. The Morgan fingerprint density at radius 2 is 1.63 bits per heavy atom. The van der Waals surface area contributed by atoms with E-state index in [0.29, 0.717) is 30.7 Å². The lowest BCUT2D eigenvalue weighted by atomic mass is 9.92. The third-order valence-corrected chi connectivity index (χ3v) is 6.57. The van der Waals surface area contributed by atoms with Crippen molar-refractivity contribution in [3.8, 4) is 0 Å². The predicted molar refractivity (Wildman–Crippen MR) is 105 cm³/mol. The van der Waals surface area contributed by atoms with E-state index in [9.17, 15) is 9.59 Å². The van der Waals surface area contributed by atoms with Crippen molar-refractivity contribution in [2.75, 3.05) is 39.3 Å². The number of piperidine rings is 1. The smallest absolute Gasteiger partial charge is 0.226 e. The van der Waals surface area contributed by atoms with Gasteiger partial charge < -0.3 is 9.80 Å². The van der Waals surface area contributed by atoms with Gasteiger partial charge in [-0.1, -0.05) is 30.3 Å². The van der Waals surface area contributed by atoms with E-state index in [2.05, 4.69) is 9.80 Å². The molecule has 146 valence electrons. The second-order valence-corrected chi connectivity index (χ2v) is 8.36. The molecule has 3 fully saturated rings. The van der Waals surface area contributed by atoms with Gasteiger partial charge in [0.1, 0.15) is 0 Å². The van der Waals surface area contributed by atoms with Crippen LogP contribution < -0.4 is 0 Å². The van der Waals surface area contributed by atoms with Crippen LogP contribution in [0.2, 0.25) is 0 Å². The zero-order valence-electron chi connectivity index (χ0n) is 16.2. The number of hydrogen-bond acceptors (Lipinski definition) is 3. The van der Waals surface area contributed by atoms with Gasteiger partial charge in [0.2, 0.25) is 11.8 Å². The number of hydrogen-bond donors (Lipinski definition) is 0. The first kappa shape index (κ1) is 18.5. The van der Waals surface area contributed by atoms with E-state index < -0.39 is 0 Å². The molecule has 1 atom stereocenters. The Morgan fingerprint density at radius 3 is 2.41 bits per heavy atom. The normalized spacial score (nSPS) is 24.1. The van der Waals surface area contributed by atoms with Gasteiger partial charge in [0.25, 0.3) is 0 Å². The molecule has 3 aliphatic rings. The van der Waals surface area contributed by atoms with E-state index in [0.717, 1.165) is 51.1 Å². The van der Waals surface area contributed by atoms with E-state index in [1.54, 1.807) is 0 Å². The van der Waals surface area contributed by atoms with Crippen LogP contribution in [0.25, 0.3) is 0 Å². The van der Waals surface area contributed by atoms with Crippen molar-refractivity contribution in [3.63, 3.8) is 0 Å². The van der Waals surface area contributed by atoms with Crippen LogP contribution in [0.5, 0.6) is 0 Å². The Balaban J connectivity index is 1.21. The van der Waals surface area contributed by atoms with Gasteiger partial charge in [-0.15, -0.1) is 0 Å². The van der Waals surface area contributed by atoms with Crippen LogP contribution in [0.4, 0.5) is 0 Å². The number of fused-ring (bicyclic) bond motifs is 1. The van der Waals surface area contributed by atoms with Crippen molar-refractivity contribution >= 4 is 11.8 Å². The predicted octanol–water partition coefficient (Wildman–Crippen LogP) is 2.16. The van der Waals surface area contributed by atoms with Gasteiger partial charge in [0.15, 0.2) is 0 Å². The Labute approximate surface area is 162 Å². The van der Waals surface area contributed by atoms with Gasteiger partial charge in [0.05, 0.1) is 6.42 Å². The van der Waals surface area contributed by atoms with E-state index in [4.69, 9.17) is 0 Å². The summed E-state index contributed by atoms with van der Waals surface area (Å²) >= 11 is 0. The monoisotopic (exact) mass is 369 g/mol. The average Bonchev–Trinajstić information content (AvgIpc) is 3.17. The highest BCUT2D eigenvalue weighted by Crippen LogP contribution is 2.25. The first-order valence-electron chi connectivity index (χ1n) is 10.5. The molecule has 1 aromatic rings. The summed E-state index contributed by atoms with van der Waals surface area (Å²) in [4.78, 5) is 31.9. The first-order valence-corrected chi connectivity index (χ1v) is 10.5. The molecule has 2 amide bonds. The molecule has 27 heavy (non-hydrogen) atoms. The molecule has 0 radical (unpaired) electrons. The van der Waals surface area contributed by atoms with Gasteiger partial charge in [-0.3, -0.25) is 14.5 Å². The molecule has 3 heterocycles. The van der Waals surface area contributed by atoms with Crippen molar-refractivity contribution in [2.24, 2.45) is 5.92 Å². The number of nitrogens with zero attached hydrogens (tertiary/aromatic N) is 3. The lowest BCUT2D eigenvalue weighted by molar-refractivity contribution is -0.135. The first-order chi connectivity index (χ1) is 13.2. The van der Waals surface area contributed by atoms with Crippen molar-refractivity contribution in [1.29, 1.82) is 0 Å². The van der Waals surface area contributed by atoms with Crippen LogP contribution in [-0.4, -0.2) is 71.8 Å². The highest BCUT2D eigenvalue weighted by Gasteiger charge is 2.33. The summed E-state index contributed by atoms with van der Waals surface area (Å²) in [6.45, 7) is 5.65. The summed E-state index contributed by atoms with van der Waals surface area (Å²) in [7, 11) is 0. The third-order valence-electron chi connectivity index (χ3n) is 6.57. The molecule has 0 aliphatic carbocycles. The summed E-state index contributed by atoms with van der Waals surface area (Å²) in [6.07, 6.45) is 5.57. The highest BCUT2D eigenvalue weighted by atomic mass is 16.2. The molecule has 0 unspecified atom stereocenters. The molecule has 4 rings (SSSR count). The van der Waals surface area contributed by atoms with Crippen molar-refractivity contribution in [1.82, 2.24) is 14.7 Å². The minimum atomic E-state index is 0.211. The topological polar surface area (TPSA) is 43.9 Å².